The van der Waals surface area contributed by atoms with E-state index < -0.39 is 0 Å². The fraction of sp³-hybridized carbons (Fsp3) is 0.250. The second-order valence-electron chi connectivity index (χ2n) is 6.33. The molecule has 0 saturated carbocycles. The fourth-order valence-electron chi connectivity index (χ4n) is 2.84. The number of nitrogens with zero attached hydrogens (tertiary/aromatic N) is 3. The summed E-state index contributed by atoms with van der Waals surface area (Å²) in [6, 6.07) is 15.4. The van der Waals surface area contributed by atoms with Crippen molar-refractivity contribution in [2.75, 3.05) is 7.05 Å². The van der Waals surface area contributed by atoms with Crippen LogP contribution in [0, 0.1) is 6.92 Å². The van der Waals surface area contributed by atoms with E-state index in [1.807, 2.05) is 49.4 Å². The van der Waals surface area contributed by atoms with E-state index in [1.165, 1.54) is 10.2 Å². The van der Waals surface area contributed by atoms with Gasteiger partial charge in [-0.3, -0.25) is 9.59 Å². The summed E-state index contributed by atoms with van der Waals surface area (Å²) in [4.78, 5) is 26.5. The van der Waals surface area contributed by atoms with Gasteiger partial charge < -0.3 is 4.90 Å². The molecule has 5 heteroatoms. The number of likely N-dealkylation sites (N-methyl/N-ethyl adjacent to an activating group) is 1. The van der Waals surface area contributed by atoms with Gasteiger partial charge in [0.05, 0.1) is 17.5 Å². The molecule has 3 aromatic rings. The van der Waals surface area contributed by atoms with Crippen molar-refractivity contribution in [3.8, 4) is 0 Å². The van der Waals surface area contributed by atoms with Gasteiger partial charge in [-0.25, -0.2) is 4.68 Å². The Kier molecular flexibility index (Phi) is 4.65. The van der Waals surface area contributed by atoms with Gasteiger partial charge in [0.1, 0.15) is 0 Å². The molecule has 0 radical (unpaired) electrons. The third-order valence-electron chi connectivity index (χ3n) is 4.32. The monoisotopic (exact) mass is 335 g/mol. The average molecular weight is 335 g/mol. The van der Waals surface area contributed by atoms with Crippen LogP contribution in [0.25, 0.3) is 10.8 Å². The third kappa shape index (κ3) is 3.60. The lowest BCUT2D eigenvalue weighted by Gasteiger charge is -2.18. The Morgan fingerprint density at radius 1 is 1.08 bits per heavy atom. The summed E-state index contributed by atoms with van der Waals surface area (Å²) < 4.78 is 1.30. The molecule has 1 amide bonds. The summed E-state index contributed by atoms with van der Waals surface area (Å²) in [6.07, 6.45) is 0.164. The lowest BCUT2D eigenvalue weighted by molar-refractivity contribution is -0.129. The van der Waals surface area contributed by atoms with E-state index in [-0.39, 0.29) is 17.9 Å². The molecule has 2 aromatic carbocycles. The second-order valence-corrected chi connectivity index (χ2v) is 6.33. The van der Waals surface area contributed by atoms with Gasteiger partial charge in [-0.15, -0.1) is 0 Å². The first kappa shape index (κ1) is 16.9. The Balaban J connectivity index is 1.83. The van der Waals surface area contributed by atoms with E-state index in [0.29, 0.717) is 17.6 Å². The molecule has 0 aliphatic carbocycles. The molecule has 0 spiro atoms. The zero-order valence-electron chi connectivity index (χ0n) is 14.7. The maximum atomic E-state index is 12.6. The summed E-state index contributed by atoms with van der Waals surface area (Å²) in [6.45, 7) is 2.58. The summed E-state index contributed by atoms with van der Waals surface area (Å²) in [5.74, 6) is -0.0307. The van der Waals surface area contributed by atoms with Gasteiger partial charge in [0, 0.05) is 26.0 Å². The minimum atomic E-state index is -0.153. The molecule has 25 heavy (non-hydrogen) atoms. The predicted molar refractivity (Wildman–Crippen MR) is 98.3 cm³/mol. The van der Waals surface area contributed by atoms with Crippen LogP contribution < -0.4 is 5.56 Å². The van der Waals surface area contributed by atoms with Gasteiger partial charge >= 0.3 is 0 Å². The van der Waals surface area contributed by atoms with E-state index in [9.17, 15) is 9.59 Å². The highest BCUT2D eigenvalue weighted by Gasteiger charge is 2.15. The number of rotatable bonds is 4. The highest BCUT2D eigenvalue weighted by Crippen LogP contribution is 2.15. The van der Waals surface area contributed by atoms with Gasteiger partial charge in [0.2, 0.25) is 5.91 Å². The van der Waals surface area contributed by atoms with Crippen molar-refractivity contribution in [2.24, 2.45) is 7.05 Å². The fourth-order valence-corrected chi connectivity index (χ4v) is 2.84. The van der Waals surface area contributed by atoms with E-state index in [4.69, 9.17) is 0 Å². The summed E-state index contributed by atoms with van der Waals surface area (Å²) >= 11 is 0. The maximum Gasteiger partial charge on any atom is 0.274 e. The topological polar surface area (TPSA) is 55.2 Å². The Hall–Kier alpha value is -2.95. The van der Waals surface area contributed by atoms with Crippen molar-refractivity contribution in [2.45, 2.75) is 19.9 Å². The number of hydrogen-bond acceptors (Lipinski definition) is 3. The molecular formula is C20H21N3O2. The first-order valence-electron chi connectivity index (χ1n) is 8.20. The van der Waals surface area contributed by atoms with Crippen molar-refractivity contribution in [1.29, 1.82) is 0 Å². The van der Waals surface area contributed by atoms with E-state index in [2.05, 4.69) is 5.10 Å². The number of carbonyl (C=O) groups is 1. The van der Waals surface area contributed by atoms with Gasteiger partial charge in [0.25, 0.3) is 5.56 Å². The van der Waals surface area contributed by atoms with Crippen LogP contribution in [0.3, 0.4) is 0 Å². The van der Waals surface area contributed by atoms with Gasteiger partial charge in [-0.2, -0.15) is 5.10 Å². The minimum Gasteiger partial charge on any atom is -0.341 e. The lowest BCUT2D eigenvalue weighted by atomic mass is 10.1. The summed E-state index contributed by atoms with van der Waals surface area (Å²) in [5.41, 5.74) is 2.75. The zero-order chi connectivity index (χ0) is 18.0. The molecule has 1 aromatic heterocycles. The zero-order valence-corrected chi connectivity index (χ0v) is 14.7. The number of aromatic nitrogens is 2. The highest BCUT2D eigenvalue weighted by atomic mass is 16.2. The number of hydrogen-bond donors (Lipinski definition) is 0. The normalized spacial score (nSPS) is 10.8. The number of aryl methyl sites for hydroxylation is 2. The number of amides is 1. The van der Waals surface area contributed by atoms with Gasteiger partial charge in [0.15, 0.2) is 0 Å². The second kappa shape index (κ2) is 6.89. The Morgan fingerprint density at radius 2 is 1.72 bits per heavy atom. The van der Waals surface area contributed by atoms with Gasteiger partial charge in [-0.05, 0) is 18.6 Å². The van der Waals surface area contributed by atoms with Crippen LogP contribution in [-0.2, 0) is 24.8 Å². The Bertz CT molecular complexity index is 974. The molecule has 5 nitrogen and oxygen atoms in total. The molecule has 128 valence electrons. The first-order chi connectivity index (χ1) is 12.0. The molecule has 1 heterocycles. The molecular weight excluding hydrogens is 314 g/mol. The van der Waals surface area contributed by atoms with Crippen LogP contribution in [0.15, 0.2) is 53.3 Å². The maximum absolute atomic E-state index is 12.6. The SMILES string of the molecule is Cc1ccc(CN(C)C(=O)Cc2nn(C)c(=O)c3ccccc23)cc1. The van der Waals surface area contributed by atoms with Crippen molar-refractivity contribution in [3.05, 3.63) is 75.7 Å². The molecule has 0 fully saturated rings. The molecule has 0 bridgehead atoms. The average Bonchev–Trinajstić information content (AvgIpc) is 2.61. The van der Waals surface area contributed by atoms with Crippen molar-refractivity contribution < 1.29 is 4.79 Å². The third-order valence-corrected chi connectivity index (χ3v) is 4.32. The number of fused-ring (bicyclic) bond motifs is 1. The Morgan fingerprint density at radius 3 is 2.40 bits per heavy atom. The van der Waals surface area contributed by atoms with Crippen molar-refractivity contribution >= 4 is 16.7 Å². The van der Waals surface area contributed by atoms with Crippen LogP contribution in [0.1, 0.15) is 16.8 Å². The quantitative estimate of drug-likeness (QED) is 0.736. The van der Waals surface area contributed by atoms with Crippen molar-refractivity contribution in [1.82, 2.24) is 14.7 Å². The van der Waals surface area contributed by atoms with Crippen LogP contribution >= 0.6 is 0 Å². The van der Waals surface area contributed by atoms with Gasteiger partial charge in [-0.1, -0.05) is 48.0 Å². The van der Waals surface area contributed by atoms with E-state index in [1.54, 1.807) is 25.1 Å². The molecule has 3 rings (SSSR count). The standard InChI is InChI=1S/C20H21N3O2/c1-14-8-10-15(11-9-14)13-22(2)19(24)12-18-16-6-4-5-7-17(16)20(25)23(3)21-18/h4-11H,12-13H2,1-3H3. The van der Waals surface area contributed by atoms with Crippen LogP contribution in [0.5, 0.6) is 0 Å². The van der Waals surface area contributed by atoms with Crippen LogP contribution in [0.4, 0.5) is 0 Å². The van der Waals surface area contributed by atoms with E-state index in [0.717, 1.165) is 10.9 Å². The number of benzene rings is 2. The minimum absolute atomic E-state index is 0.0307. The molecule has 0 aliphatic heterocycles. The smallest absolute Gasteiger partial charge is 0.274 e. The lowest BCUT2D eigenvalue weighted by Crippen LogP contribution is -2.29. The Labute approximate surface area is 146 Å². The largest absolute Gasteiger partial charge is 0.341 e. The number of carbonyl (C=O) groups excluding carboxylic acids is 1. The first-order valence-corrected chi connectivity index (χ1v) is 8.20. The predicted octanol–water partition coefficient (Wildman–Crippen LogP) is 2.44. The van der Waals surface area contributed by atoms with Crippen LogP contribution in [-0.4, -0.2) is 27.6 Å². The molecule has 0 unspecified atom stereocenters. The van der Waals surface area contributed by atoms with Crippen molar-refractivity contribution in [3.63, 3.8) is 0 Å². The molecule has 0 N–H and O–H groups in total. The van der Waals surface area contributed by atoms with E-state index >= 15 is 0 Å². The van der Waals surface area contributed by atoms with Crippen LogP contribution in [0.2, 0.25) is 0 Å². The summed E-state index contributed by atoms with van der Waals surface area (Å²) in [7, 11) is 3.39. The molecule has 0 saturated heterocycles. The molecule has 0 atom stereocenters. The highest BCUT2D eigenvalue weighted by molar-refractivity contribution is 5.88. The summed E-state index contributed by atoms with van der Waals surface area (Å²) in [5, 5.41) is 5.62. The molecule has 0 aliphatic rings.